The zero-order chi connectivity index (χ0) is 5.66. The molecule has 0 aromatic heterocycles. The Bertz CT molecular complexity index is 62.1. The third kappa shape index (κ3) is 2.15. The molecule has 0 heteroatoms. The van der Waals surface area contributed by atoms with E-state index in [1.165, 1.54) is 38.5 Å². The molecule has 0 aromatic carbocycles. The van der Waals surface area contributed by atoms with E-state index >= 15 is 0 Å². The summed E-state index contributed by atoms with van der Waals surface area (Å²) < 4.78 is 0. The van der Waals surface area contributed by atoms with E-state index < -0.39 is 0 Å². The van der Waals surface area contributed by atoms with Gasteiger partial charge >= 0.3 is 0 Å². The maximum Gasteiger partial charge on any atom is -0.0351 e. The van der Waals surface area contributed by atoms with Crippen LogP contribution in [0.5, 0.6) is 0 Å². The summed E-state index contributed by atoms with van der Waals surface area (Å²) in [6, 6.07) is 0. The standard InChI is InChI=1S/C8H14/c1-2-4-6-8-7-5-3-1/h1-2H,3-8H2/b2-1+. The average Bonchev–Trinajstić information content (AvgIpc) is 1.62. The molecule has 0 atom stereocenters. The van der Waals surface area contributed by atoms with E-state index in [9.17, 15) is 0 Å². The molecule has 0 saturated heterocycles. The first-order valence-electron chi connectivity index (χ1n) is 3.65. The maximum atomic E-state index is 2.32. The second-order valence-corrected chi connectivity index (χ2v) is 2.46. The van der Waals surface area contributed by atoms with E-state index in [1.54, 1.807) is 0 Å². The molecule has 0 spiro atoms. The van der Waals surface area contributed by atoms with Gasteiger partial charge in [0.15, 0.2) is 0 Å². The second kappa shape index (κ2) is 3.71. The molecule has 0 radical (unpaired) electrons. The molecule has 0 N–H and O–H groups in total. The van der Waals surface area contributed by atoms with Crippen LogP contribution in [0.4, 0.5) is 0 Å². The zero-order valence-electron chi connectivity index (χ0n) is 5.40. The first kappa shape index (κ1) is 5.87. The molecule has 1 aliphatic rings. The number of hydrogen-bond acceptors (Lipinski definition) is 0. The Morgan fingerprint density at radius 1 is 0.625 bits per heavy atom. The SMILES string of the molecule is C1=C/CCCCCC/1. The third-order valence-corrected chi connectivity index (χ3v) is 1.66. The topological polar surface area (TPSA) is 0 Å². The lowest BCUT2D eigenvalue weighted by Crippen LogP contribution is -1.80. The minimum Gasteiger partial charge on any atom is -0.0885 e. The normalized spacial score (nSPS) is 26.0. The summed E-state index contributed by atoms with van der Waals surface area (Å²) in [5.41, 5.74) is 0. The van der Waals surface area contributed by atoms with E-state index in [0.29, 0.717) is 0 Å². The highest BCUT2D eigenvalue weighted by molar-refractivity contribution is 4.82. The Morgan fingerprint density at radius 2 is 1.12 bits per heavy atom. The van der Waals surface area contributed by atoms with Crippen LogP contribution >= 0.6 is 0 Å². The Balaban J connectivity index is 2.17. The number of allylic oxidation sites excluding steroid dienone is 2. The van der Waals surface area contributed by atoms with Crippen molar-refractivity contribution in [2.24, 2.45) is 0 Å². The van der Waals surface area contributed by atoms with E-state index in [4.69, 9.17) is 0 Å². The Morgan fingerprint density at radius 3 is 1.62 bits per heavy atom. The lowest BCUT2D eigenvalue weighted by atomic mass is 10.1. The highest BCUT2D eigenvalue weighted by atomic mass is 14.0. The molecule has 1 rings (SSSR count). The van der Waals surface area contributed by atoms with Crippen LogP contribution in [-0.2, 0) is 0 Å². The van der Waals surface area contributed by atoms with Gasteiger partial charge in [-0.05, 0) is 25.7 Å². The van der Waals surface area contributed by atoms with Crippen LogP contribution in [0.15, 0.2) is 12.2 Å². The lowest BCUT2D eigenvalue weighted by Gasteiger charge is -2.00. The molecule has 1 aliphatic carbocycles. The monoisotopic (exact) mass is 110 g/mol. The van der Waals surface area contributed by atoms with Crippen molar-refractivity contribution in [3.63, 3.8) is 0 Å². The minimum atomic E-state index is 1.32. The van der Waals surface area contributed by atoms with Crippen molar-refractivity contribution in [1.82, 2.24) is 0 Å². The van der Waals surface area contributed by atoms with Crippen molar-refractivity contribution in [1.29, 1.82) is 0 Å². The predicted molar refractivity (Wildman–Crippen MR) is 36.8 cm³/mol. The Kier molecular flexibility index (Phi) is 2.72. The van der Waals surface area contributed by atoms with Crippen molar-refractivity contribution >= 4 is 0 Å². The fraction of sp³-hybridized carbons (Fsp3) is 0.750. The van der Waals surface area contributed by atoms with Crippen molar-refractivity contribution in [2.75, 3.05) is 0 Å². The molecule has 0 saturated carbocycles. The third-order valence-electron chi connectivity index (χ3n) is 1.66. The molecule has 0 amide bonds. The molecule has 0 aromatic rings. The highest BCUT2D eigenvalue weighted by Gasteiger charge is 1.89. The van der Waals surface area contributed by atoms with Gasteiger partial charge in [0.25, 0.3) is 0 Å². The maximum absolute atomic E-state index is 2.32. The zero-order valence-corrected chi connectivity index (χ0v) is 5.40. The van der Waals surface area contributed by atoms with E-state index in [0.717, 1.165) is 0 Å². The number of rotatable bonds is 0. The summed E-state index contributed by atoms with van der Waals surface area (Å²) in [5.74, 6) is 0. The van der Waals surface area contributed by atoms with Crippen LogP contribution in [0.25, 0.3) is 0 Å². The van der Waals surface area contributed by atoms with E-state index in [1.807, 2.05) is 0 Å². The van der Waals surface area contributed by atoms with Crippen LogP contribution in [0.1, 0.15) is 38.5 Å². The quantitative estimate of drug-likeness (QED) is 0.420. The Hall–Kier alpha value is -0.260. The van der Waals surface area contributed by atoms with Gasteiger partial charge in [-0.2, -0.15) is 0 Å². The largest absolute Gasteiger partial charge is 0.0885 e. The van der Waals surface area contributed by atoms with Gasteiger partial charge in [0.1, 0.15) is 0 Å². The van der Waals surface area contributed by atoms with Gasteiger partial charge in [-0.3, -0.25) is 0 Å². The van der Waals surface area contributed by atoms with Crippen molar-refractivity contribution in [3.8, 4) is 0 Å². The summed E-state index contributed by atoms with van der Waals surface area (Å²) in [6.07, 6.45) is 13.0. The van der Waals surface area contributed by atoms with Gasteiger partial charge < -0.3 is 0 Å². The van der Waals surface area contributed by atoms with Gasteiger partial charge in [0.05, 0.1) is 0 Å². The van der Waals surface area contributed by atoms with Crippen molar-refractivity contribution in [2.45, 2.75) is 38.5 Å². The van der Waals surface area contributed by atoms with Gasteiger partial charge in [-0.25, -0.2) is 0 Å². The predicted octanol–water partition coefficient (Wildman–Crippen LogP) is 2.90. The van der Waals surface area contributed by atoms with Gasteiger partial charge in [-0.15, -0.1) is 0 Å². The first-order chi connectivity index (χ1) is 4.00. The molecular weight excluding hydrogens is 96.1 g/mol. The van der Waals surface area contributed by atoms with Crippen molar-refractivity contribution in [3.05, 3.63) is 12.2 Å². The highest BCUT2D eigenvalue weighted by Crippen LogP contribution is 2.09. The summed E-state index contributed by atoms with van der Waals surface area (Å²) in [6.45, 7) is 0. The summed E-state index contributed by atoms with van der Waals surface area (Å²) in [5, 5.41) is 0. The molecule has 0 unspecified atom stereocenters. The molecule has 0 heterocycles. The molecule has 8 heavy (non-hydrogen) atoms. The molecule has 0 fully saturated rings. The molecule has 0 aliphatic heterocycles. The van der Waals surface area contributed by atoms with Crippen LogP contribution < -0.4 is 0 Å². The molecule has 46 valence electrons. The Labute approximate surface area is 51.6 Å². The van der Waals surface area contributed by atoms with Gasteiger partial charge in [0, 0.05) is 0 Å². The smallest absolute Gasteiger partial charge is 0.0351 e. The molecule has 0 bridgehead atoms. The second-order valence-electron chi connectivity index (χ2n) is 2.46. The van der Waals surface area contributed by atoms with Crippen molar-refractivity contribution < 1.29 is 0 Å². The van der Waals surface area contributed by atoms with Crippen LogP contribution in [0, 0.1) is 0 Å². The average molecular weight is 110 g/mol. The fourth-order valence-corrected chi connectivity index (χ4v) is 1.11. The van der Waals surface area contributed by atoms with Gasteiger partial charge in [-0.1, -0.05) is 25.0 Å². The fourth-order valence-electron chi connectivity index (χ4n) is 1.11. The van der Waals surface area contributed by atoms with Crippen LogP contribution in [0.2, 0.25) is 0 Å². The lowest BCUT2D eigenvalue weighted by molar-refractivity contribution is 0.638. The van der Waals surface area contributed by atoms with Gasteiger partial charge in [0.2, 0.25) is 0 Å². The van der Waals surface area contributed by atoms with E-state index in [-0.39, 0.29) is 0 Å². The number of hydrogen-bond donors (Lipinski definition) is 0. The molecular formula is C8H14. The summed E-state index contributed by atoms with van der Waals surface area (Å²) in [7, 11) is 0. The van der Waals surface area contributed by atoms with Crippen LogP contribution in [0.3, 0.4) is 0 Å². The minimum absolute atomic E-state index is 1.32. The molecule has 0 nitrogen and oxygen atoms in total. The van der Waals surface area contributed by atoms with Crippen LogP contribution in [-0.4, -0.2) is 0 Å². The first-order valence-corrected chi connectivity index (χ1v) is 3.65. The summed E-state index contributed by atoms with van der Waals surface area (Å²) >= 11 is 0. The summed E-state index contributed by atoms with van der Waals surface area (Å²) in [4.78, 5) is 0. The van der Waals surface area contributed by atoms with E-state index in [2.05, 4.69) is 12.2 Å².